The molecule has 2 aromatic heterocycles. The summed E-state index contributed by atoms with van der Waals surface area (Å²) in [6.07, 6.45) is 3.72. The normalized spacial score (nSPS) is 19.6. The average molecular weight is 356 g/mol. The molecule has 0 saturated carbocycles. The highest BCUT2D eigenvalue weighted by molar-refractivity contribution is 5.94. The number of fused-ring (bicyclic) bond motifs is 4. The quantitative estimate of drug-likeness (QED) is 0.844. The van der Waals surface area contributed by atoms with Gasteiger partial charge in [0.05, 0.1) is 11.1 Å². The van der Waals surface area contributed by atoms with Crippen molar-refractivity contribution in [3.05, 3.63) is 28.0 Å². The standard InChI is InChI=1S/C19H24N4O3/c1-19(2,3)23-10-13(18(25)26)15(24)12-8-14-17(20-16(12)23)22-7-5-6-11(22)9-21(14)4/h8,10-11H,5-7,9H2,1-4H3,(H,25,26)/t11-/m0/s1. The van der Waals surface area contributed by atoms with Gasteiger partial charge in [-0.2, -0.15) is 0 Å². The van der Waals surface area contributed by atoms with Crippen LogP contribution in [0.25, 0.3) is 11.0 Å². The van der Waals surface area contributed by atoms with Gasteiger partial charge < -0.3 is 19.5 Å². The predicted octanol–water partition coefficient (Wildman–Crippen LogP) is 2.27. The van der Waals surface area contributed by atoms with Crippen molar-refractivity contribution in [1.82, 2.24) is 9.55 Å². The number of rotatable bonds is 1. The Morgan fingerprint density at radius 1 is 1.35 bits per heavy atom. The fraction of sp³-hybridized carbons (Fsp3) is 0.526. The van der Waals surface area contributed by atoms with Crippen LogP contribution in [0.1, 0.15) is 44.0 Å². The molecule has 2 aliphatic heterocycles. The molecule has 4 rings (SSSR count). The Labute approximate surface area is 151 Å². The summed E-state index contributed by atoms with van der Waals surface area (Å²) in [5.41, 5.74) is 0.359. The molecule has 0 spiro atoms. The summed E-state index contributed by atoms with van der Waals surface area (Å²) in [5.74, 6) is -0.310. The first-order chi connectivity index (χ1) is 12.2. The molecular weight excluding hydrogens is 332 g/mol. The van der Waals surface area contributed by atoms with Crippen LogP contribution >= 0.6 is 0 Å². The number of hydrogen-bond donors (Lipinski definition) is 1. The van der Waals surface area contributed by atoms with Crippen molar-refractivity contribution in [1.29, 1.82) is 0 Å². The predicted molar refractivity (Wildman–Crippen MR) is 102 cm³/mol. The number of pyridine rings is 2. The first-order valence-electron chi connectivity index (χ1n) is 9.00. The van der Waals surface area contributed by atoms with E-state index < -0.39 is 16.9 Å². The van der Waals surface area contributed by atoms with Crippen molar-refractivity contribution in [3.8, 4) is 0 Å². The number of carbonyl (C=O) groups is 1. The van der Waals surface area contributed by atoms with Crippen molar-refractivity contribution < 1.29 is 9.90 Å². The maximum atomic E-state index is 12.8. The molecule has 1 saturated heterocycles. The summed E-state index contributed by atoms with van der Waals surface area (Å²) < 4.78 is 1.81. The van der Waals surface area contributed by atoms with E-state index in [-0.39, 0.29) is 5.56 Å². The minimum Gasteiger partial charge on any atom is -0.477 e. The molecule has 7 heteroatoms. The van der Waals surface area contributed by atoms with E-state index in [1.165, 1.54) is 6.20 Å². The van der Waals surface area contributed by atoms with Gasteiger partial charge in [0.2, 0.25) is 5.43 Å². The molecular formula is C19H24N4O3. The highest BCUT2D eigenvalue weighted by Crippen LogP contribution is 2.39. The van der Waals surface area contributed by atoms with Crippen LogP contribution in [-0.2, 0) is 5.54 Å². The van der Waals surface area contributed by atoms with Crippen molar-refractivity contribution >= 4 is 28.5 Å². The van der Waals surface area contributed by atoms with E-state index in [4.69, 9.17) is 4.98 Å². The number of aromatic carboxylic acids is 1. The second-order valence-corrected chi connectivity index (χ2v) is 8.29. The maximum absolute atomic E-state index is 12.8. The van der Waals surface area contributed by atoms with Gasteiger partial charge in [0.25, 0.3) is 0 Å². The monoisotopic (exact) mass is 356 g/mol. The molecule has 0 radical (unpaired) electrons. The lowest BCUT2D eigenvalue weighted by molar-refractivity contribution is 0.0694. The highest BCUT2D eigenvalue weighted by Gasteiger charge is 2.35. The highest BCUT2D eigenvalue weighted by atomic mass is 16.4. The van der Waals surface area contributed by atoms with Crippen LogP contribution in [0, 0.1) is 0 Å². The van der Waals surface area contributed by atoms with Gasteiger partial charge in [0.1, 0.15) is 11.2 Å². The van der Waals surface area contributed by atoms with Gasteiger partial charge >= 0.3 is 5.97 Å². The molecule has 0 aromatic carbocycles. The minimum absolute atomic E-state index is 0.216. The van der Waals surface area contributed by atoms with E-state index in [9.17, 15) is 14.7 Å². The summed E-state index contributed by atoms with van der Waals surface area (Å²) in [6.45, 7) is 7.81. The number of carboxylic acid groups (broad SMARTS) is 1. The Morgan fingerprint density at radius 3 is 2.73 bits per heavy atom. The van der Waals surface area contributed by atoms with E-state index >= 15 is 0 Å². The van der Waals surface area contributed by atoms with Crippen molar-refractivity contribution in [2.75, 3.05) is 29.9 Å². The van der Waals surface area contributed by atoms with Crippen LogP contribution in [0.15, 0.2) is 17.1 Å². The van der Waals surface area contributed by atoms with E-state index in [1.807, 2.05) is 38.5 Å². The lowest BCUT2D eigenvalue weighted by Gasteiger charge is -2.39. The van der Waals surface area contributed by atoms with Gasteiger partial charge in [-0.25, -0.2) is 9.78 Å². The molecule has 0 amide bonds. The van der Waals surface area contributed by atoms with Crippen LogP contribution in [0.2, 0.25) is 0 Å². The molecule has 4 heterocycles. The summed E-state index contributed by atoms with van der Waals surface area (Å²) in [7, 11) is 2.01. The van der Waals surface area contributed by atoms with E-state index in [0.29, 0.717) is 17.1 Å². The SMILES string of the molecule is CN1C[C@@H]2CCCN2c2nc3c(cc21)c(=O)c(C(=O)O)cn3C(C)(C)C. The number of nitrogens with zero attached hydrogens (tertiary/aromatic N) is 4. The average Bonchev–Trinajstić information content (AvgIpc) is 3.01. The Morgan fingerprint density at radius 2 is 2.08 bits per heavy atom. The molecule has 7 nitrogen and oxygen atoms in total. The van der Waals surface area contributed by atoms with Crippen LogP contribution in [0.5, 0.6) is 0 Å². The third-order valence-corrected chi connectivity index (χ3v) is 5.44. The first-order valence-corrected chi connectivity index (χ1v) is 9.00. The zero-order valence-corrected chi connectivity index (χ0v) is 15.6. The maximum Gasteiger partial charge on any atom is 0.341 e. The van der Waals surface area contributed by atoms with Crippen LogP contribution in [0.3, 0.4) is 0 Å². The Bertz CT molecular complexity index is 973. The Kier molecular flexibility index (Phi) is 3.54. The second-order valence-electron chi connectivity index (χ2n) is 8.29. The second kappa shape index (κ2) is 5.46. The van der Waals surface area contributed by atoms with Gasteiger partial charge in [-0.15, -0.1) is 0 Å². The molecule has 0 aliphatic carbocycles. The summed E-state index contributed by atoms with van der Waals surface area (Å²) in [4.78, 5) is 33.7. The Hall–Kier alpha value is -2.57. The van der Waals surface area contributed by atoms with Gasteiger partial charge in [-0.3, -0.25) is 4.79 Å². The fourth-order valence-corrected chi connectivity index (χ4v) is 4.10. The number of likely N-dealkylation sites (N-methyl/N-ethyl adjacent to an activating group) is 1. The van der Waals surface area contributed by atoms with Crippen LogP contribution in [-0.4, -0.2) is 46.8 Å². The fourth-order valence-electron chi connectivity index (χ4n) is 4.10. The largest absolute Gasteiger partial charge is 0.477 e. The lowest BCUT2D eigenvalue weighted by atomic mass is 10.0. The summed E-state index contributed by atoms with van der Waals surface area (Å²) >= 11 is 0. The summed E-state index contributed by atoms with van der Waals surface area (Å²) in [5, 5.41) is 9.84. The van der Waals surface area contributed by atoms with Gasteiger partial charge in [0.15, 0.2) is 5.82 Å². The Balaban J connectivity index is 2.09. The van der Waals surface area contributed by atoms with E-state index in [1.54, 1.807) is 0 Å². The molecule has 1 N–H and O–H groups in total. The zero-order chi connectivity index (χ0) is 18.8. The molecule has 1 fully saturated rings. The van der Waals surface area contributed by atoms with Crippen LogP contribution in [0.4, 0.5) is 11.5 Å². The van der Waals surface area contributed by atoms with Gasteiger partial charge in [-0.1, -0.05) is 0 Å². The van der Waals surface area contributed by atoms with Gasteiger partial charge in [-0.05, 0) is 39.7 Å². The van der Waals surface area contributed by atoms with Crippen molar-refractivity contribution in [2.45, 2.75) is 45.2 Å². The molecule has 0 bridgehead atoms. The minimum atomic E-state index is -1.21. The molecule has 2 aromatic rings. The lowest BCUT2D eigenvalue weighted by Crippen LogP contribution is -2.45. The molecule has 0 unspecified atom stereocenters. The number of hydrogen-bond acceptors (Lipinski definition) is 5. The summed E-state index contributed by atoms with van der Waals surface area (Å²) in [6, 6.07) is 2.27. The van der Waals surface area contributed by atoms with E-state index in [2.05, 4.69) is 9.80 Å². The zero-order valence-electron chi connectivity index (χ0n) is 15.6. The molecule has 2 aliphatic rings. The molecule has 1 atom stereocenters. The molecule has 138 valence electrons. The van der Waals surface area contributed by atoms with Crippen molar-refractivity contribution in [2.24, 2.45) is 0 Å². The smallest absolute Gasteiger partial charge is 0.341 e. The third-order valence-electron chi connectivity index (χ3n) is 5.44. The number of carboxylic acids is 1. The van der Waals surface area contributed by atoms with Gasteiger partial charge in [0, 0.05) is 37.9 Å². The first kappa shape index (κ1) is 16.9. The third kappa shape index (κ3) is 2.37. The molecule has 26 heavy (non-hydrogen) atoms. The van der Waals surface area contributed by atoms with Crippen molar-refractivity contribution in [3.63, 3.8) is 0 Å². The number of aromatic nitrogens is 2. The number of anilines is 2. The topological polar surface area (TPSA) is 78.7 Å². The van der Waals surface area contributed by atoms with Crippen LogP contribution < -0.4 is 15.2 Å². The van der Waals surface area contributed by atoms with E-state index in [0.717, 1.165) is 37.4 Å².